The zero-order chi connectivity index (χ0) is 18.4. The summed E-state index contributed by atoms with van der Waals surface area (Å²) in [5, 5.41) is 30.9. The van der Waals surface area contributed by atoms with Gasteiger partial charge in [-0.3, -0.25) is 0 Å². The lowest BCUT2D eigenvalue weighted by molar-refractivity contribution is -0.115. The number of nitrogens with two attached hydrogens (primary N) is 1. The molecule has 0 saturated carbocycles. The van der Waals surface area contributed by atoms with Gasteiger partial charge in [0.05, 0.1) is 12.0 Å². The second-order valence-electron chi connectivity index (χ2n) is 6.40. The highest BCUT2D eigenvalue weighted by Gasteiger charge is 2.59. The van der Waals surface area contributed by atoms with Gasteiger partial charge in [0.2, 0.25) is 0 Å². The standard InChI is InChI=1S/C14H21N4O6P/c1-13(5-23-25(22)7-19)11(20)14(2,21)12(24-13)18-4-3-8-9(15)16-6-17-10(8)18/h3-4,6,11-12,19-22H,5,7H2,1-2H3,(H2,15,16,17)/t11?,12-,13-,14-,25?/m1/s1. The van der Waals surface area contributed by atoms with E-state index in [2.05, 4.69) is 9.97 Å². The molecule has 3 heterocycles. The molecule has 1 fully saturated rings. The first kappa shape index (κ1) is 18.4. The molecule has 11 heteroatoms. The third-order valence-corrected chi connectivity index (χ3v) is 5.10. The van der Waals surface area contributed by atoms with Gasteiger partial charge >= 0.3 is 0 Å². The number of aliphatic hydroxyl groups excluding tert-OH is 2. The first-order chi connectivity index (χ1) is 11.7. The number of aliphatic hydroxyl groups is 3. The summed E-state index contributed by atoms with van der Waals surface area (Å²) < 4.78 is 12.6. The van der Waals surface area contributed by atoms with E-state index in [0.717, 1.165) is 0 Å². The molecule has 2 aromatic heterocycles. The molecule has 6 N–H and O–H groups in total. The molecular formula is C14H21N4O6P. The zero-order valence-electron chi connectivity index (χ0n) is 13.8. The lowest BCUT2D eigenvalue weighted by Crippen LogP contribution is -2.49. The Morgan fingerprint density at radius 2 is 2.16 bits per heavy atom. The molecular weight excluding hydrogens is 351 g/mol. The van der Waals surface area contributed by atoms with E-state index in [1.165, 1.54) is 13.3 Å². The Bertz CT molecular complexity index is 771. The van der Waals surface area contributed by atoms with Crippen LogP contribution in [0, 0.1) is 0 Å². The second kappa shape index (κ2) is 6.40. The number of rotatable bonds is 5. The highest BCUT2D eigenvalue weighted by Crippen LogP contribution is 2.46. The molecule has 2 unspecified atom stereocenters. The lowest BCUT2D eigenvalue weighted by atomic mass is 9.89. The Labute approximate surface area is 144 Å². The van der Waals surface area contributed by atoms with E-state index in [-0.39, 0.29) is 6.61 Å². The van der Waals surface area contributed by atoms with Crippen molar-refractivity contribution < 1.29 is 29.5 Å². The monoisotopic (exact) mass is 372 g/mol. The Balaban J connectivity index is 1.95. The third kappa shape index (κ3) is 3.00. The van der Waals surface area contributed by atoms with Crippen molar-refractivity contribution in [1.29, 1.82) is 0 Å². The van der Waals surface area contributed by atoms with Crippen LogP contribution in [0.4, 0.5) is 5.82 Å². The molecule has 1 aliphatic rings. The van der Waals surface area contributed by atoms with Crippen LogP contribution in [0.5, 0.6) is 0 Å². The van der Waals surface area contributed by atoms with Crippen LogP contribution in [0.3, 0.4) is 0 Å². The fourth-order valence-electron chi connectivity index (χ4n) is 3.07. The largest absolute Gasteiger partial charge is 0.387 e. The molecule has 0 bridgehead atoms. The average molecular weight is 372 g/mol. The van der Waals surface area contributed by atoms with Crippen molar-refractivity contribution in [3.63, 3.8) is 0 Å². The van der Waals surface area contributed by atoms with Crippen molar-refractivity contribution >= 4 is 25.2 Å². The Morgan fingerprint density at radius 3 is 2.84 bits per heavy atom. The maximum Gasteiger partial charge on any atom is 0.195 e. The maximum atomic E-state index is 10.8. The first-order valence-electron chi connectivity index (χ1n) is 7.56. The summed E-state index contributed by atoms with van der Waals surface area (Å²) >= 11 is 0. The van der Waals surface area contributed by atoms with Gasteiger partial charge in [0.15, 0.2) is 14.6 Å². The van der Waals surface area contributed by atoms with Gasteiger partial charge in [0, 0.05) is 6.20 Å². The van der Waals surface area contributed by atoms with Crippen LogP contribution in [-0.2, 0) is 9.26 Å². The van der Waals surface area contributed by atoms with E-state index in [1.807, 2.05) is 0 Å². The molecule has 138 valence electrons. The number of fused-ring (bicyclic) bond motifs is 1. The summed E-state index contributed by atoms with van der Waals surface area (Å²) in [7, 11) is -2.03. The van der Waals surface area contributed by atoms with Crippen LogP contribution in [0.2, 0.25) is 0 Å². The quantitative estimate of drug-likeness (QED) is 0.444. The van der Waals surface area contributed by atoms with Crippen molar-refractivity contribution in [3.8, 4) is 0 Å². The number of nitrogen functional groups attached to an aromatic ring is 1. The molecule has 0 radical (unpaired) electrons. The van der Waals surface area contributed by atoms with E-state index < -0.39 is 38.3 Å². The molecule has 10 nitrogen and oxygen atoms in total. The minimum absolute atomic E-state index is 0.208. The smallest absolute Gasteiger partial charge is 0.195 e. The molecule has 1 saturated heterocycles. The van der Waals surface area contributed by atoms with Crippen molar-refractivity contribution in [2.24, 2.45) is 0 Å². The number of ether oxygens (including phenoxy) is 1. The Morgan fingerprint density at radius 1 is 1.44 bits per heavy atom. The summed E-state index contributed by atoms with van der Waals surface area (Å²) in [6.07, 6.45) is 0.128. The lowest BCUT2D eigenvalue weighted by Gasteiger charge is -2.30. The van der Waals surface area contributed by atoms with E-state index in [4.69, 9.17) is 20.1 Å². The van der Waals surface area contributed by atoms with Crippen LogP contribution in [-0.4, -0.2) is 65.0 Å². The SMILES string of the molecule is C[C@]1(COP(O)CO)O[C@@H](n2ccc3c(N)ncnc32)[C@](C)(O)C1O. The van der Waals surface area contributed by atoms with Crippen molar-refractivity contribution in [3.05, 3.63) is 18.6 Å². The second-order valence-corrected chi connectivity index (χ2v) is 7.64. The topological polar surface area (TPSA) is 156 Å². The van der Waals surface area contributed by atoms with Crippen molar-refractivity contribution in [1.82, 2.24) is 14.5 Å². The zero-order valence-corrected chi connectivity index (χ0v) is 14.7. The molecule has 1 aliphatic heterocycles. The van der Waals surface area contributed by atoms with E-state index >= 15 is 0 Å². The molecule has 0 aliphatic carbocycles. The fourth-order valence-corrected chi connectivity index (χ4v) is 3.55. The van der Waals surface area contributed by atoms with E-state index in [0.29, 0.717) is 16.9 Å². The highest BCUT2D eigenvalue weighted by molar-refractivity contribution is 7.45. The van der Waals surface area contributed by atoms with Gasteiger partial charge in [-0.05, 0) is 19.9 Å². The van der Waals surface area contributed by atoms with Gasteiger partial charge in [0.25, 0.3) is 0 Å². The summed E-state index contributed by atoms with van der Waals surface area (Å²) in [5.41, 5.74) is 3.31. The van der Waals surface area contributed by atoms with Gasteiger partial charge in [-0.1, -0.05) is 0 Å². The number of hydrogen-bond donors (Lipinski definition) is 5. The van der Waals surface area contributed by atoms with Crippen LogP contribution in [0.15, 0.2) is 18.6 Å². The fraction of sp³-hybridized carbons (Fsp3) is 0.571. The van der Waals surface area contributed by atoms with Gasteiger partial charge in [-0.15, -0.1) is 0 Å². The number of aromatic nitrogens is 3. The first-order valence-corrected chi connectivity index (χ1v) is 8.96. The molecule has 5 atom stereocenters. The van der Waals surface area contributed by atoms with E-state index in [1.54, 1.807) is 23.8 Å². The van der Waals surface area contributed by atoms with Gasteiger partial charge in [-0.2, -0.15) is 0 Å². The Kier molecular flexibility index (Phi) is 4.71. The predicted octanol–water partition coefficient (Wildman–Crippen LogP) is -0.317. The van der Waals surface area contributed by atoms with Gasteiger partial charge in [-0.25, -0.2) is 9.97 Å². The predicted molar refractivity (Wildman–Crippen MR) is 89.3 cm³/mol. The summed E-state index contributed by atoms with van der Waals surface area (Å²) in [4.78, 5) is 17.5. The minimum atomic E-state index is -2.03. The van der Waals surface area contributed by atoms with Crippen LogP contribution in [0.25, 0.3) is 11.0 Å². The molecule has 0 spiro atoms. The molecule has 0 aromatic carbocycles. The summed E-state index contributed by atoms with van der Waals surface area (Å²) in [6.45, 7) is 2.79. The Hall–Kier alpha value is -1.39. The number of nitrogens with zero attached hydrogens (tertiary/aromatic N) is 3. The molecule has 3 rings (SSSR count). The minimum Gasteiger partial charge on any atom is -0.387 e. The van der Waals surface area contributed by atoms with Crippen LogP contribution >= 0.6 is 8.38 Å². The van der Waals surface area contributed by atoms with Gasteiger partial charge in [0.1, 0.15) is 41.4 Å². The third-order valence-electron chi connectivity index (χ3n) is 4.43. The summed E-state index contributed by atoms with van der Waals surface area (Å²) in [6, 6.07) is 1.70. The van der Waals surface area contributed by atoms with Crippen LogP contribution < -0.4 is 5.73 Å². The normalized spacial score (nSPS) is 33.8. The highest BCUT2D eigenvalue weighted by atomic mass is 31.2. The molecule has 0 amide bonds. The number of anilines is 1. The molecule has 25 heavy (non-hydrogen) atoms. The molecule has 2 aromatic rings. The van der Waals surface area contributed by atoms with Crippen LogP contribution in [0.1, 0.15) is 20.1 Å². The number of hydrogen-bond acceptors (Lipinski definition) is 9. The van der Waals surface area contributed by atoms with E-state index in [9.17, 15) is 15.1 Å². The average Bonchev–Trinajstić information content (AvgIpc) is 3.08. The van der Waals surface area contributed by atoms with Crippen molar-refractivity contribution in [2.75, 3.05) is 18.7 Å². The maximum absolute atomic E-state index is 10.8. The van der Waals surface area contributed by atoms with Crippen molar-refractivity contribution in [2.45, 2.75) is 37.4 Å². The van der Waals surface area contributed by atoms with Gasteiger partial charge < -0.3 is 39.8 Å². The summed E-state index contributed by atoms with van der Waals surface area (Å²) in [5.74, 6) is 0.293.